The first-order valence-corrected chi connectivity index (χ1v) is 7.38. The number of nitrogens with one attached hydrogen (secondary N) is 1. The number of carbonyl (C=O) groups is 1. The van der Waals surface area contributed by atoms with Gasteiger partial charge in [-0.3, -0.25) is 0 Å². The van der Waals surface area contributed by atoms with Gasteiger partial charge in [0.1, 0.15) is 0 Å². The number of aryl methyl sites for hydroxylation is 1. The maximum absolute atomic E-state index is 11.0. The molecule has 1 fully saturated rings. The molecule has 0 spiro atoms. The summed E-state index contributed by atoms with van der Waals surface area (Å²) in [6.45, 7) is 4.44. The summed E-state index contributed by atoms with van der Waals surface area (Å²) in [7, 11) is 0. The Bertz CT molecular complexity index is 456. The van der Waals surface area contributed by atoms with Gasteiger partial charge in [0, 0.05) is 30.1 Å². The molecule has 2 amide bonds. The highest BCUT2D eigenvalue weighted by Gasteiger charge is 2.20. The monoisotopic (exact) mass is 325 g/mol. The molecule has 0 unspecified atom stereocenters. The van der Waals surface area contributed by atoms with Gasteiger partial charge in [-0.1, -0.05) is 28.1 Å². The minimum atomic E-state index is -0.306. The van der Waals surface area contributed by atoms with Crippen LogP contribution in [0.25, 0.3) is 0 Å². The number of primary amides is 1. The lowest BCUT2D eigenvalue weighted by Crippen LogP contribution is -2.46. The Morgan fingerprint density at radius 1 is 1.47 bits per heavy atom. The van der Waals surface area contributed by atoms with Crippen molar-refractivity contribution < 1.29 is 4.79 Å². The highest BCUT2D eigenvalue weighted by Crippen LogP contribution is 2.19. The fourth-order valence-corrected chi connectivity index (χ4v) is 2.99. The van der Waals surface area contributed by atoms with Crippen LogP contribution < -0.4 is 11.1 Å². The number of piperidine rings is 1. The van der Waals surface area contributed by atoms with Crippen molar-refractivity contribution in [3.63, 3.8) is 0 Å². The summed E-state index contributed by atoms with van der Waals surface area (Å²) in [5.41, 5.74) is 7.79. The number of amides is 2. The van der Waals surface area contributed by atoms with Crippen LogP contribution in [0.2, 0.25) is 0 Å². The summed E-state index contributed by atoms with van der Waals surface area (Å²) in [4.78, 5) is 12.7. The Labute approximate surface area is 122 Å². The molecule has 0 aromatic heterocycles. The smallest absolute Gasteiger partial charge is 0.314 e. The Balaban J connectivity index is 1.82. The largest absolute Gasteiger partial charge is 0.351 e. The molecule has 3 N–H and O–H groups in total. The summed E-state index contributed by atoms with van der Waals surface area (Å²) in [5, 5.41) is 3.55. The second kappa shape index (κ2) is 6.39. The first-order chi connectivity index (χ1) is 9.06. The molecule has 0 atom stereocenters. The molecule has 0 radical (unpaired) electrons. The van der Waals surface area contributed by atoms with Gasteiger partial charge in [0.05, 0.1) is 0 Å². The van der Waals surface area contributed by atoms with Crippen LogP contribution in [0.15, 0.2) is 22.7 Å². The van der Waals surface area contributed by atoms with Crippen molar-refractivity contribution in [1.82, 2.24) is 10.2 Å². The number of benzene rings is 1. The maximum Gasteiger partial charge on any atom is 0.314 e. The molecule has 1 aliphatic heterocycles. The van der Waals surface area contributed by atoms with Crippen molar-refractivity contribution in [2.45, 2.75) is 32.4 Å². The van der Waals surface area contributed by atoms with Crippen LogP contribution in [0.1, 0.15) is 24.0 Å². The van der Waals surface area contributed by atoms with Crippen LogP contribution in [0.3, 0.4) is 0 Å². The first kappa shape index (κ1) is 14.3. The quantitative estimate of drug-likeness (QED) is 0.896. The average Bonchev–Trinajstić information content (AvgIpc) is 2.38. The molecule has 2 rings (SSSR count). The number of urea groups is 1. The minimum Gasteiger partial charge on any atom is -0.351 e. The van der Waals surface area contributed by atoms with Crippen molar-refractivity contribution in [2.24, 2.45) is 5.73 Å². The Kier molecular flexibility index (Phi) is 4.82. The fourth-order valence-electron chi connectivity index (χ4n) is 2.35. The number of nitrogens with two attached hydrogens (primary N) is 1. The van der Waals surface area contributed by atoms with E-state index in [0.717, 1.165) is 36.9 Å². The van der Waals surface area contributed by atoms with E-state index in [9.17, 15) is 4.79 Å². The first-order valence-electron chi connectivity index (χ1n) is 6.59. The third-order valence-corrected chi connectivity index (χ3v) is 4.33. The maximum atomic E-state index is 11.0. The van der Waals surface area contributed by atoms with E-state index in [1.165, 1.54) is 11.1 Å². The topological polar surface area (TPSA) is 58.4 Å². The number of likely N-dealkylation sites (tertiary alicyclic amines) is 1. The standard InChI is InChI=1S/C14H20BrN3O/c1-10-2-3-11(13(15)8-10)9-17-12-4-6-18(7-5-12)14(16)19/h2-3,8,12,17H,4-7,9H2,1H3,(H2,16,19). The molecular weight excluding hydrogens is 306 g/mol. The van der Waals surface area contributed by atoms with E-state index in [-0.39, 0.29) is 6.03 Å². The van der Waals surface area contributed by atoms with E-state index in [2.05, 4.69) is 46.4 Å². The highest BCUT2D eigenvalue weighted by atomic mass is 79.9. The SMILES string of the molecule is Cc1ccc(CNC2CCN(C(N)=O)CC2)c(Br)c1. The molecule has 1 aromatic rings. The number of halogens is 1. The van der Waals surface area contributed by atoms with Crippen LogP contribution in [-0.2, 0) is 6.54 Å². The zero-order chi connectivity index (χ0) is 13.8. The average molecular weight is 326 g/mol. The molecule has 5 heteroatoms. The van der Waals surface area contributed by atoms with Crippen molar-refractivity contribution >= 4 is 22.0 Å². The summed E-state index contributed by atoms with van der Waals surface area (Å²) in [6, 6.07) is 6.55. The molecular formula is C14H20BrN3O. The number of rotatable bonds is 3. The van der Waals surface area contributed by atoms with Gasteiger partial charge in [0.15, 0.2) is 0 Å². The molecule has 0 bridgehead atoms. The van der Waals surface area contributed by atoms with Crippen LogP contribution in [-0.4, -0.2) is 30.1 Å². The van der Waals surface area contributed by atoms with Gasteiger partial charge >= 0.3 is 6.03 Å². The van der Waals surface area contributed by atoms with Crippen LogP contribution in [0.4, 0.5) is 4.79 Å². The lowest BCUT2D eigenvalue weighted by Gasteiger charge is -2.31. The van der Waals surface area contributed by atoms with Crippen LogP contribution >= 0.6 is 15.9 Å². The second-order valence-electron chi connectivity index (χ2n) is 5.08. The molecule has 1 aromatic carbocycles. The molecule has 0 saturated carbocycles. The van der Waals surface area contributed by atoms with E-state index < -0.39 is 0 Å². The lowest BCUT2D eigenvalue weighted by atomic mass is 10.0. The van der Waals surface area contributed by atoms with Crippen LogP contribution in [0.5, 0.6) is 0 Å². The lowest BCUT2D eigenvalue weighted by molar-refractivity contribution is 0.185. The molecule has 4 nitrogen and oxygen atoms in total. The van der Waals surface area contributed by atoms with Gasteiger partial charge in [0.25, 0.3) is 0 Å². The predicted octanol–water partition coefficient (Wildman–Crippen LogP) is 2.39. The number of hydrogen-bond donors (Lipinski definition) is 2. The summed E-state index contributed by atoms with van der Waals surface area (Å²) in [6.07, 6.45) is 1.93. The van der Waals surface area contributed by atoms with E-state index in [1.54, 1.807) is 4.90 Å². The van der Waals surface area contributed by atoms with E-state index >= 15 is 0 Å². The van der Waals surface area contributed by atoms with Crippen molar-refractivity contribution in [1.29, 1.82) is 0 Å². The molecule has 1 aliphatic rings. The van der Waals surface area contributed by atoms with E-state index in [1.807, 2.05) is 0 Å². The Morgan fingerprint density at radius 2 is 2.16 bits per heavy atom. The minimum absolute atomic E-state index is 0.306. The highest BCUT2D eigenvalue weighted by molar-refractivity contribution is 9.10. The molecule has 1 saturated heterocycles. The number of nitrogens with zero attached hydrogens (tertiary/aromatic N) is 1. The summed E-state index contributed by atoms with van der Waals surface area (Å²) < 4.78 is 1.15. The van der Waals surface area contributed by atoms with Crippen molar-refractivity contribution in [2.75, 3.05) is 13.1 Å². The van der Waals surface area contributed by atoms with E-state index in [0.29, 0.717) is 6.04 Å². The predicted molar refractivity (Wildman–Crippen MR) is 79.9 cm³/mol. The number of carbonyl (C=O) groups excluding carboxylic acids is 1. The normalized spacial score (nSPS) is 16.6. The van der Waals surface area contributed by atoms with E-state index in [4.69, 9.17) is 5.73 Å². The second-order valence-corrected chi connectivity index (χ2v) is 5.93. The van der Waals surface area contributed by atoms with Gasteiger partial charge in [-0.2, -0.15) is 0 Å². The molecule has 0 aliphatic carbocycles. The van der Waals surface area contributed by atoms with Gasteiger partial charge in [-0.15, -0.1) is 0 Å². The van der Waals surface area contributed by atoms with Gasteiger partial charge < -0.3 is 16.0 Å². The fraction of sp³-hybridized carbons (Fsp3) is 0.500. The third-order valence-electron chi connectivity index (χ3n) is 3.60. The van der Waals surface area contributed by atoms with Crippen molar-refractivity contribution in [3.8, 4) is 0 Å². The zero-order valence-electron chi connectivity index (χ0n) is 11.2. The van der Waals surface area contributed by atoms with Crippen LogP contribution in [0, 0.1) is 6.92 Å². The number of hydrogen-bond acceptors (Lipinski definition) is 2. The van der Waals surface area contributed by atoms with Crippen molar-refractivity contribution in [3.05, 3.63) is 33.8 Å². The Morgan fingerprint density at radius 3 is 2.74 bits per heavy atom. The summed E-state index contributed by atoms with van der Waals surface area (Å²) >= 11 is 3.59. The third kappa shape index (κ3) is 3.94. The van der Waals surface area contributed by atoms with Gasteiger partial charge in [-0.05, 0) is 37.0 Å². The molecule has 19 heavy (non-hydrogen) atoms. The van der Waals surface area contributed by atoms with Gasteiger partial charge in [0.2, 0.25) is 0 Å². The van der Waals surface area contributed by atoms with Gasteiger partial charge in [-0.25, -0.2) is 4.79 Å². The zero-order valence-corrected chi connectivity index (χ0v) is 12.7. The molecule has 104 valence electrons. The molecule has 1 heterocycles. The summed E-state index contributed by atoms with van der Waals surface area (Å²) in [5.74, 6) is 0. The Hall–Kier alpha value is -1.07.